The largest absolute Gasteiger partial charge is 0.507 e. The molecule has 0 bridgehead atoms. The summed E-state index contributed by atoms with van der Waals surface area (Å²) in [4.78, 5) is 12.3. The normalized spacial score (nSPS) is 11.1. The number of phenols is 1. The fourth-order valence-corrected chi connectivity index (χ4v) is 3.33. The number of hydrogen-bond acceptors (Lipinski definition) is 4. The van der Waals surface area contributed by atoms with Crippen molar-refractivity contribution in [1.82, 2.24) is 9.99 Å². The number of amides is 1. The van der Waals surface area contributed by atoms with Crippen molar-refractivity contribution in [3.8, 4) is 17.2 Å². The molecule has 0 aliphatic heterocycles. The lowest BCUT2D eigenvalue weighted by Crippen LogP contribution is -2.17. The van der Waals surface area contributed by atoms with E-state index in [0.29, 0.717) is 10.8 Å². The summed E-state index contributed by atoms with van der Waals surface area (Å²) in [5, 5.41) is 14.7. The molecule has 2 N–H and O–H groups in total. The zero-order chi connectivity index (χ0) is 21.1. The van der Waals surface area contributed by atoms with Gasteiger partial charge in [-0.3, -0.25) is 4.79 Å². The second-order valence-electron chi connectivity index (χ2n) is 6.67. The van der Waals surface area contributed by atoms with E-state index >= 15 is 0 Å². The van der Waals surface area contributed by atoms with Crippen LogP contribution in [0.1, 0.15) is 32.9 Å². The highest BCUT2D eigenvalue weighted by Crippen LogP contribution is 2.25. The number of carbonyl (C=O) groups excluding carboxylic acids is 1. The lowest BCUT2D eigenvalue weighted by Gasteiger charge is -2.13. The summed E-state index contributed by atoms with van der Waals surface area (Å²) in [5.74, 6) is -0.223. The summed E-state index contributed by atoms with van der Waals surface area (Å²) in [6, 6.07) is 12.2. The van der Waals surface area contributed by atoms with Gasteiger partial charge in [0.1, 0.15) is 11.5 Å². The molecule has 0 radical (unpaired) electrons. The van der Waals surface area contributed by atoms with Gasteiger partial charge in [0.25, 0.3) is 5.91 Å². The summed E-state index contributed by atoms with van der Waals surface area (Å²) in [6.07, 6.45) is 1.58. The number of hydrogen-bond donors (Lipinski definition) is 2. The molecule has 1 aromatic heterocycles. The topological polar surface area (TPSA) is 75.8 Å². The van der Waals surface area contributed by atoms with E-state index in [-0.39, 0.29) is 11.3 Å². The second kappa shape index (κ2) is 8.41. The Hall–Kier alpha value is -3.25. The first kappa shape index (κ1) is 20.5. The number of aromatic hydroxyl groups is 1. The third kappa shape index (κ3) is 4.27. The highest BCUT2D eigenvalue weighted by molar-refractivity contribution is 6.30. The van der Waals surface area contributed by atoms with Gasteiger partial charge in [0, 0.05) is 33.7 Å². The van der Waals surface area contributed by atoms with Crippen LogP contribution in [0.2, 0.25) is 5.02 Å². The Kier molecular flexibility index (Phi) is 5.94. The minimum atomic E-state index is -0.513. The average molecular weight is 412 g/mol. The van der Waals surface area contributed by atoms with E-state index in [1.807, 2.05) is 45.0 Å². The van der Waals surface area contributed by atoms with E-state index in [9.17, 15) is 9.90 Å². The molecule has 0 atom stereocenters. The standard InChI is InChI=1S/C22H22ClN3O3/c1-13-5-6-17(23)10-20(13)26-14(2)9-16(15(26)3)12-24-25-22(28)19-8-7-18(29-4)11-21(19)27/h5-12,27H,1-4H3,(H,25,28)/b24-12-. The van der Waals surface area contributed by atoms with Crippen molar-refractivity contribution in [2.24, 2.45) is 5.10 Å². The molecular weight excluding hydrogens is 390 g/mol. The van der Waals surface area contributed by atoms with Crippen LogP contribution in [-0.4, -0.2) is 28.9 Å². The third-order valence-electron chi connectivity index (χ3n) is 4.70. The number of aromatic nitrogens is 1. The third-order valence-corrected chi connectivity index (χ3v) is 4.94. The number of phenolic OH excluding ortho intramolecular Hbond substituents is 1. The summed E-state index contributed by atoms with van der Waals surface area (Å²) in [7, 11) is 1.49. The number of nitrogens with one attached hydrogen (secondary N) is 1. The summed E-state index contributed by atoms with van der Waals surface area (Å²) in [5.41, 5.74) is 7.51. The maximum absolute atomic E-state index is 12.3. The van der Waals surface area contributed by atoms with E-state index in [1.165, 1.54) is 19.2 Å². The maximum atomic E-state index is 12.3. The van der Waals surface area contributed by atoms with Gasteiger partial charge < -0.3 is 14.4 Å². The summed E-state index contributed by atoms with van der Waals surface area (Å²) in [6.45, 7) is 6.00. The number of carbonyl (C=O) groups is 1. The van der Waals surface area contributed by atoms with Crippen LogP contribution in [0, 0.1) is 20.8 Å². The Morgan fingerprint density at radius 3 is 2.62 bits per heavy atom. The van der Waals surface area contributed by atoms with E-state index in [1.54, 1.807) is 12.3 Å². The first-order chi connectivity index (χ1) is 13.8. The van der Waals surface area contributed by atoms with Gasteiger partial charge in [-0.05, 0) is 56.7 Å². The quantitative estimate of drug-likeness (QED) is 0.478. The Morgan fingerprint density at radius 1 is 1.17 bits per heavy atom. The molecule has 7 heteroatoms. The van der Waals surface area contributed by atoms with Gasteiger partial charge in [-0.1, -0.05) is 17.7 Å². The molecular formula is C22H22ClN3O3. The molecule has 0 saturated heterocycles. The first-order valence-corrected chi connectivity index (χ1v) is 9.35. The lowest BCUT2D eigenvalue weighted by atomic mass is 10.2. The predicted octanol–water partition coefficient (Wildman–Crippen LogP) is 4.53. The SMILES string of the molecule is COc1ccc(C(=O)N/N=C\c2cc(C)n(-c3cc(Cl)ccc3C)c2C)c(O)c1. The van der Waals surface area contributed by atoms with Gasteiger partial charge in [0.15, 0.2) is 0 Å². The van der Waals surface area contributed by atoms with E-state index in [2.05, 4.69) is 15.1 Å². The number of nitrogens with zero attached hydrogens (tertiary/aromatic N) is 2. The van der Waals surface area contributed by atoms with Crippen molar-refractivity contribution in [2.75, 3.05) is 7.11 Å². The zero-order valence-corrected chi connectivity index (χ0v) is 17.4. The molecule has 0 saturated carbocycles. The molecule has 3 rings (SSSR count). The number of hydrazone groups is 1. The van der Waals surface area contributed by atoms with Crippen molar-refractivity contribution in [2.45, 2.75) is 20.8 Å². The van der Waals surface area contributed by atoms with E-state index < -0.39 is 5.91 Å². The smallest absolute Gasteiger partial charge is 0.275 e. The van der Waals surface area contributed by atoms with Gasteiger partial charge in [-0.15, -0.1) is 0 Å². The molecule has 0 aliphatic carbocycles. The summed E-state index contributed by atoms with van der Waals surface area (Å²) >= 11 is 6.17. The zero-order valence-electron chi connectivity index (χ0n) is 16.7. The number of methoxy groups -OCH3 is 1. The first-order valence-electron chi connectivity index (χ1n) is 8.97. The van der Waals surface area contributed by atoms with Crippen molar-refractivity contribution in [3.05, 3.63) is 75.6 Å². The van der Waals surface area contributed by atoms with E-state index in [4.69, 9.17) is 16.3 Å². The number of rotatable bonds is 5. The van der Waals surface area contributed by atoms with Gasteiger partial charge in [-0.2, -0.15) is 5.10 Å². The average Bonchev–Trinajstić information content (AvgIpc) is 2.96. The summed E-state index contributed by atoms with van der Waals surface area (Å²) < 4.78 is 7.11. The molecule has 1 amide bonds. The highest BCUT2D eigenvalue weighted by atomic mass is 35.5. The van der Waals surface area contributed by atoms with Gasteiger partial charge in [0.05, 0.1) is 18.9 Å². The molecule has 0 fully saturated rings. The predicted molar refractivity (Wildman–Crippen MR) is 115 cm³/mol. The van der Waals surface area contributed by atoms with Gasteiger partial charge in [0.2, 0.25) is 0 Å². The highest BCUT2D eigenvalue weighted by Gasteiger charge is 2.13. The van der Waals surface area contributed by atoms with Crippen LogP contribution in [0.25, 0.3) is 5.69 Å². The van der Waals surface area contributed by atoms with Gasteiger partial charge in [-0.25, -0.2) is 5.43 Å². The van der Waals surface area contributed by atoms with Crippen LogP contribution in [0.5, 0.6) is 11.5 Å². The number of halogens is 1. The Bertz CT molecular complexity index is 1100. The molecule has 0 unspecified atom stereocenters. The van der Waals surface area contributed by atoms with Gasteiger partial charge >= 0.3 is 0 Å². The molecule has 1 heterocycles. The molecule has 2 aromatic carbocycles. The Balaban J connectivity index is 1.82. The van der Waals surface area contributed by atoms with Crippen molar-refractivity contribution in [3.63, 3.8) is 0 Å². The van der Waals surface area contributed by atoms with Crippen LogP contribution in [-0.2, 0) is 0 Å². The fraction of sp³-hybridized carbons (Fsp3) is 0.182. The van der Waals surface area contributed by atoms with Crippen LogP contribution >= 0.6 is 11.6 Å². The monoisotopic (exact) mass is 411 g/mol. The minimum Gasteiger partial charge on any atom is -0.507 e. The second-order valence-corrected chi connectivity index (χ2v) is 7.11. The van der Waals surface area contributed by atoms with Crippen LogP contribution in [0.15, 0.2) is 47.6 Å². The molecule has 29 heavy (non-hydrogen) atoms. The fourth-order valence-electron chi connectivity index (χ4n) is 3.16. The molecule has 6 nitrogen and oxygen atoms in total. The number of aryl methyl sites for hydroxylation is 2. The molecule has 3 aromatic rings. The Morgan fingerprint density at radius 2 is 1.93 bits per heavy atom. The van der Waals surface area contributed by atoms with Crippen LogP contribution in [0.3, 0.4) is 0 Å². The molecule has 150 valence electrons. The van der Waals surface area contributed by atoms with Crippen LogP contribution in [0.4, 0.5) is 0 Å². The number of ether oxygens (including phenoxy) is 1. The maximum Gasteiger partial charge on any atom is 0.275 e. The molecule has 0 spiro atoms. The van der Waals surface area contributed by atoms with Crippen molar-refractivity contribution < 1.29 is 14.6 Å². The van der Waals surface area contributed by atoms with E-state index in [0.717, 1.165) is 28.2 Å². The van der Waals surface area contributed by atoms with Crippen molar-refractivity contribution >= 4 is 23.7 Å². The number of benzene rings is 2. The lowest BCUT2D eigenvalue weighted by molar-refractivity contribution is 0.0952. The van der Waals surface area contributed by atoms with Crippen LogP contribution < -0.4 is 10.2 Å². The molecule has 0 aliphatic rings. The Labute approximate surface area is 174 Å². The van der Waals surface area contributed by atoms with Crippen molar-refractivity contribution in [1.29, 1.82) is 0 Å². The minimum absolute atomic E-state index is 0.114.